The van der Waals surface area contributed by atoms with Gasteiger partial charge in [0.15, 0.2) is 5.00 Å². The summed E-state index contributed by atoms with van der Waals surface area (Å²) in [6.45, 7) is 2.24. The molecule has 2 N–H and O–H groups in total. The Morgan fingerprint density at radius 3 is 2.79 bits per heavy atom. The highest BCUT2D eigenvalue weighted by Crippen LogP contribution is 2.37. The number of hydrogen-bond donors (Lipinski definition) is 1. The lowest BCUT2D eigenvalue weighted by atomic mass is 10.4. The molecule has 1 aliphatic heterocycles. The summed E-state index contributed by atoms with van der Waals surface area (Å²) in [5.41, 5.74) is 5.15. The molecule has 0 bridgehead atoms. The highest BCUT2D eigenvalue weighted by atomic mass is 32.2. The molecule has 2 heterocycles. The quantitative estimate of drug-likeness (QED) is 0.665. The predicted octanol–water partition coefficient (Wildman–Crippen LogP) is 1.36. The summed E-state index contributed by atoms with van der Waals surface area (Å²) in [6, 6.07) is 0.926. The van der Waals surface area contributed by atoms with Crippen LogP contribution in [0.15, 0.2) is 10.3 Å². The largest absolute Gasteiger partial charge is 0.385 e. The van der Waals surface area contributed by atoms with Gasteiger partial charge in [-0.1, -0.05) is 11.3 Å². The molecule has 10 heteroatoms. The molecule has 1 atom stereocenters. The number of nitrogen functional groups attached to an aromatic ring is 1. The van der Waals surface area contributed by atoms with Crippen molar-refractivity contribution in [2.24, 2.45) is 0 Å². The van der Waals surface area contributed by atoms with Gasteiger partial charge in [-0.25, -0.2) is 8.42 Å². The summed E-state index contributed by atoms with van der Waals surface area (Å²) in [4.78, 5) is 10.1. The predicted molar refractivity (Wildman–Crippen MR) is 76.1 cm³/mol. The third-order valence-electron chi connectivity index (χ3n) is 2.78. The second-order valence-electron chi connectivity index (χ2n) is 4.11. The zero-order valence-electron chi connectivity index (χ0n) is 10.1. The van der Waals surface area contributed by atoms with E-state index in [9.17, 15) is 18.5 Å². The molecule has 1 aromatic heterocycles. The molecule has 0 aromatic carbocycles. The molecule has 7 nitrogen and oxygen atoms in total. The lowest BCUT2D eigenvalue weighted by molar-refractivity contribution is -0.383. The fourth-order valence-electron chi connectivity index (χ4n) is 1.83. The molecule has 1 fully saturated rings. The lowest BCUT2D eigenvalue weighted by Crippen LogP contribution is -2.44. The highest BCUT2D eigenvalue weighted by molar-refractivity contribution is 7.99. The fraction of sp³-hybridized carbons (Fsp3) is 0.556. The Bertz CT molecular complexity index is 598. The van der Waals surface area contributed by atoms with Crippen molar-refractivity contribution in [2.45, 2.75) is 17.2 Å². The van der Waals surface area contributed by atoms with Crippen molar-refractivity contribution < 1.29 is 13.3 Å². The molecular weight excluding hydrogens is 310 g/mol. The third kappa shape index (κ3) is 2.71. The average Bonchev–Trinajstić information content (AvgIpc) is 2.72. The molecule has 1 aromatic rings. The standard InChI is InChI=1S/C9H13N3O4S3/c1-6-5-17-3-2-11(6)19(15,16)8-4-7(12(13)14)9(10)18-8/h4,6H,2-3,5,10H2,1H3. The first kappa shape index (κ1) is 14.6. The molecule has 0 amide bonds. The maximum atomic E-state index is 12.4. The van der Waals surface area contributed by atoms with Gasteiger partial charge in [-0.3, -0.25) is 10.1 Å². The van der Waals surface area contributed by atoms with Gasteiger partial charge >= 0.3 is 5.69 Å². The van der Waals surface area contributed by atoms with E-state index in [4.69, 9.17) is 5.73 Å². The summed E-state index contributed by atoms with van der Waals surface area (Å²) in [7, 11) is -3.69. The number of sulfonamides is 1. The van der Waals surface area contributed by atoms with Crippen LogP contribution in [0.3, 0.4) is 0 Å². The minimum Gasteiger partial charge on any atom is -0.385 e. The second-order valence-corrected chi connectivity index (χ2v) is 8.46. The average molecular weight is 323 g/mol. The van der Waals surface area contributed by atoms with Gasteiger partial charge in [-0.2, -0.15) is 16.1 Å². The van der Waals surface area contributed by atoms with E-state index in [1.807, 2.05) is 6.92 Å². The monoisotopic (exact) mass is 323 g/mol. The molecule has 0 radical (unpaired) electrons. The summed E-state index contributed by atoms with van der Waals surface area (Å²) in [5, 5.41) is 10.6. The summed E-state index contributed by atoms with van der Waals surface area (Å²) < 4.78 is 26.2. The van der Waals surface area contributed by atoms with E-state index in [-0.39, 0.29) is 20.9 Å². The summed E-state index contributed by atoms with van der Waals surface area (Å²) in [5.74, 6) is 1.45. The first-order valence-electron chi connectivity index (χ1n) is 5.47. The van der Waals surface area contributed by atoms with Crippen molar-refractivity contribution in [1.29, 1.82) is 0 Å². The highest BCUT2D eigenvalue weighted by Gasteiger charge is 2.34. The molecule has 1 unspecified atom stereocenters. The number of thiophene rings is 1. The maximum absolute atomic E-state index is 12.4. The van der Waals surface area contributed by atoms with Crippen LogP contribution >= 0.6 is 23.1 Å². The SMILES string of the molecule is CC1CSCCN1S(=O)(=O)c1cc([N+](=O)[O-])c(N)s1. The molecule has 0 saturated carbocycles. The van der Waals surface area contributed by atoms with Crippen LogP contribution in [-0.2, 0) is 10.0 Å². The third-order valence-corrected chi connectivity index (χ3v) is 7.39. The minimum atomic E-state index is -3.69. The Hall–Kier alpha value is -0.840. The van der Waals surface area contributed by atoms with Gasteiger partial charge in [0, 0.05) is 30.2 Å². The summed E-state index contributed by atoms with van der Waals surface area (Å²) in [6.07, 6.45) is 0. The topological polar surface area (TPSA) is 107 Å². The van der Waals surface area contributed by atoms with Crippen molar-refractivity contribution in [3.63, 3.8) is 0 Å². The first-order valence-corrected chi connectivity index (χ1v) is 8.88. The van der Waals surface area contributed by atoms with Crippen LogP contribution in [0.5, 0.6) is 0 Å². The smallest absolute Gasteiger partial charge is 0.304 e. The number of rotatable bonds is 3. The van der Waals surface area contributed by atoms with Crippen LogP contribution < -0.4 is 5.73 Å². The molecule has 19 heavy (non-hydrogen) atoms. The lowest BCUT2D eigenvalue weighted by Gasteiger charge is -2.31. The van der Waals surface area contributed by atoms with Crippen LogP contribution in [0.4, 0.5) is 10.7 Å². The van der Waals surface area contributed by atoms with Crippen LogP contribution in [-0.4, -0.2) is 41.7 Å². The van der Waals surface area contributed by atoms with E-state index in [2.05, 4.69) is 0 Å². The van der Waals surface area contributed by atoms with E-state index >= 15 is 0 Å². The number of anilines is 1. The fourth-order valence-corrected chi connectivity index (χ4v) is 6.03. The molecule has 106 valence electrons. The van der Waals surface area contributed by atoms with Gasteiger partial charge in [-0.15, -0.1) is 0 Å². The van der Waals surface area contributed by atoms with Crippen molar-refractivity contribution >= 4 is 43.8 Å². The van der Waals surface area contributed by atoms with E-state index in [0.29, 0.717) is 6.54 Å². The molecule has 0 aliphatic carbocycles. The molecular formula is C9H13N3O4S3. The Kier molecular flexibility index (Phi) is 4.04. The molecule has 0 spiro atoms. The van der Waals surface area contributed by atoms with Gasteiger partial charge in [-0.05, 0) is 6.92 Å². The van der Waals surface area contributed by atoms with E-state index < -0.39 is 14.9 Å². The van der Waals surface area contributed by atoms with Crippen LogP contribution in [0.2, 0.25) is 0 Å². The molecule has 2 rings (SSSR count). The molecule has 1 saturated heterocycles. The minimum absolute atomic E-state index is 0.0598. The van der Waals surface area contributed by atoms with Crippen molar-refractivity contribution in [2.75, 3.05) is 23.8 Å². The van der Waals surface area contributed by atoms with Crippen LogP contribution in [0.1, 0.15) is 6.92 Å². The van der Waals surface area contributed by atoms with E-state index in [1.54, 1.807) is 11.8 Å². The van der Waals surface area contributed by atoms with Crippen LogP contribution in [0.25, 0.3) is 0 Å². The van der Waals surface area contributed by atoms with Gasteiger partial charge in [0.2, 0.25) is 0 Å². The van der Waals surface area contributed by atoms with Crippen molar-refractivity contribution in [3.05, 3.63) is 16.2 Å². The van der Waals surface area contributed by atoms with Crippen molar-refractivity contribution in [1.82, 2.24) is 4.31 Å². The van der Waals surface area contributed by atoms with Gasteiger partial charge < -0.3 is 5.73 Å². The van der Waals surface area contributed by atoms with Gasteiger partial charge in [0.25, 0.3) is 10.0 Å². The normalized spacial score (nSPS) is 21.4. The maximum Gasteiger partial charge on any atom is 0.304 e. The second kappa shape index (κ2) is 5.27. The molecule has 1 aliphatic rings. The number of hydrogen-bond acceptors (Lipinski definition) is 7. The van der Waals surface area contributed by atoms with E-state index in [1.165, 1.54) is 4.31 Å². The Morgan fingerprint density at radius 1 is 1.58 bits per heavy atom. The van der Waals surface area contributed by atoms with Gasteiger partial charge in [0.1, 0.15) is 4.21 Å². The zero-order valence-corrected chi connectivity index (χ0v) is 12.6. The Labute approximate surface area is 119 Å². The van der Waals surface area contributed by atoms with Crippen LogP contribution in [0, 0.1) is 10.1 Å². The number of thioether (sulfide) groups is 1. The van der Waals surface area contributed by atoms with E-state index in [0.717, 1.165) is 28.9 Å². The number of nitrogens with two attached hydrogens (primary N) is 1. The summed E-state index contributed by atoms with van der Waals surface area (Å²) >= 11 is 2.44. The first-order chi connectivity index (χ1) is 8.84. The Morgan fingerprint density at radius 2 is 2.26 bits per heavy atom. The van der Waals surface area contributed by atoms with Gasteiger partial charge in [0.05, 0.1) is 4.92 Å². The van der Waals surface area contributed by atoms with Crippen molar-refractivity contribution in [3.8, 4) is 0 Å². The number of nitrogens with zero attached hydrogens (tertiary/aromatic N) is 2. The number of nitro groups is 1. The Balaban J connectivity index is 2.39. The zero-order chi connectivity index (χ0) is 14.2.